The monoisotopic (exact) mass is 478 g/mol. The van der Waals surface area contributed by atoms with Crippen LogP contribution in [0.15, 0.2) is 54.6 Å². The number of carbonyl (C=O) groups is 1. The molecule has 2 N–H and O–H groups in total. The molecule has 190 valence electrons. The van der Waals surface area contributed by atoms with E-state index in [4.69, 9.17) is 4.74 Å². The number of nitrogens with one attached hydrogen (secondary N) is 2. The molecule has 2 aromatic carbocycles. The van der Waals surface area contributed by atoms with Gasteiger partial charge in [-0.05, 0) is 75.5 Å². The minimum absolute atomic E-state index is 0.0241. The van der Waals surface area contributed by atoms with Crippen LogP contribution in [0.5, 0.6) is 5.75 Å². The first kappa shape index (κ1) is 25.7. The molecule has 2 atom stereocenters. The van der Waals surface area contributed by atoms with Crippen molar-refractivity contribution in [2.45, 2.75) is 70.8 Å². The highest BCUT2D eigenvalue weighted by Crippen LogP contribution is 2.27. The lowest BCUT2D eigenvalue weighted by atomic mass is 10.0. The fourth-order valence-corrected chi connectivity index (χ4v) is 5.46. The average Bonchev–Trinajstić information content (AvgIpc) is 3.33. The third-order valence-corrected chi connectivity index (χ3v) is 7.33. The SMILES string of the molecule is CCCN1CCC(N2C[C@@H](NCc3ccc(OCc4ccccc4)cc3)C[C@H]2C(=O)NCC)CC1. The maximum Gasteiger partial charge on any atom is 0.237 e. The molecule has 4 rings (SSSR count). The van der Waals surface area contributed by atoms with Crippen LogP contribution in [0.4, 0.5) is 0 Å². The fourth-order valence-electron chi connectivity index (χ4n) is 5.46. The summed E-state index contributed by atoms with van der Waals surface area (Å²) in [5, 5.41) is 6.80. The van der Waals surface area contributed by atoms with E-state index < -0.39 is 0 Å². The molecule has 0 spiro atoms. The van der Waals surface area contributed by atoms with Gasteiger partial charge in [0.25, 0.3) is 0 Å². The van der Waals surface area contributed by atoms with Crippen molar-refractivity contribution in [3.63, 3.8) is 0 Å². The van der Waals surface area contributed by atoms with Crippen LogP contribution in [-0.2, 0) is 17.9 Å². The van der Waals surface area contributed by atoms with Crippen molar-refractivity contribution in [1.82, 2.24) is 20.4 Å². The van der Waals surface area contributed by atoms with E-state index in [9.17, 15) is 4.79 Å². The molecular formula is C29H42N4O2. The summed E-state index contributed by atoms with van der Waals surface area (Å²) in [4.78, 5) is 17.9. The van der Waals surface area contributed by atoms with Gasteiger partial charge in [-0.1, -0.05) is 49.4 Å². The quantitative estimate of drug-likeness (QED) is 0.514. The van der Waals surface area contributed by atoms with Gasteiger partial charge in [0.15, 0.2) is 0 Å². The maximum absolute atomic E-state index is 12.9. The Morgan fingerprint density at radius 1 is 1.00 bits per heavy atom. The van der Waals surface area contributed by atoms with Crippen molar-refractivity contribution in [3.8, 4) is 5.75 Å². The van der Waals surface area contributed by atoms with Crippen molar-refractivity contribution in [2.24, 2.45) is 0 Å². The second-order valence-corrected chi connectivity index (χ2v) is 9.91. The molecular weight excluding hydrogens is 436 g/mol. The number of carbonyl (C=O) groups excluding carboxylic acids is 1. The molecule has 0 saturated carbocycles. The number of nitrogens with zero attached hydrogens (tertiary/aromatic N) is 2. The molecule has 0 radical (unpaired) electrons. The van der Waals surface area contributed by atoms with Gasteiger partial charge >= 0.3 is 0 Å². The molecule has 0 bridgehead atoms. The van der Waals surface area contributed by atoms with Crippen molar-refractivity contribution in [2.75, 3.05) is 32.7 Å². The summed E-state index contributed by atoms with van der Waals surface area (Å²) in [6.45, 7) is 10.7. The Hall–Kier alpha value is -2.41. The molecule has 2 heterocycles. The highest BCUT2D eigenvalue weighted by atomic mass is 16.5. The number of likely N-dealkylation sites (tertiary alicyclic amines) is 2. The van der Waals surface area contributed by atoms with Crippen LogP contribution in [0.1, 0.15) is 50.7 Å². The molecule has 0 aromatic heterocycles. The summed E-state index contributed by atoms with van der Waals surface area (Å²) < 4.78 is 5.92. The summed E-state index contributed by atoms with van der Waals surface area (Å²) in [7, 11) is 0. The lowest BCUT2D eigenvalue weighted by Crippen LogP contribution is -2.51. The second-order valence-electron chi connectivity index (χ2n) is 9.91. The maximum atomic E-state index is 12.9. The van der Waals surface area contributed by atoms with E-state index in [1.807, 2.05) is 37.3 Å². The normalized spacial score (nSPS) is 21.8. The zero-order valence-corrected chi connectivity index (χ0v) is 21.4. The highest BCUT2D eigenvalue weighted by molar-refractivity contribution is 5.82. The van der Waals surface area contributed by atoms with Crippen molar-refractivity contribution < 1.29 is 9.53 Å². The molecule has 2 fully saturated rings. The molecule has 6 nitrogen and oxygen atoms in total. The van der Waals surface area contributed by atoms with Gasteiger partial charge in [-0.25, -0.2) is 0 Å². The smallest absolute Gasteiger partial charge is 0.237 e. The number of benzene rings is 2. The summed E-state index contributed by atoms with van der Waals surface area (Å²) in [5.74, 6) is 1.07. The number of ether oxygens (including phenoxy) is 1. The Labute approximate surface area is 211 Å². The van der Waals surface area contributed by atoms with Gasteiger partial charge in [0.1, 0.15) is 12.4 Å². The Morgan fingerprint density at radius 2 is 1.74 bits per heavy atom. The molecule has 1 amide bonds. The van der Waals surface area contributed by atoms with Gasteiger partial charge in [-0.2, -0.15) is 0 Å². The summed E-state index contributed by atoms with van der Waals surface area (Å²) >= 11 is 0. The van der Waals surface area contributed by atoms with Gasteiger partial charge in [0.2, 0.25) is 5.91 Å². The van der Waals surface area contributed by atoms with E-state index in [0.29, 0.717) is 25.2 Å². The number of amides is 1. The first-order valence-electron chi connectivity index (χ1n) is 13.4. The van der Waals surface area contributed by atoms with Crippen LogP contribution in [0.25, 0.3) is 0 Å². The Morgan fingerprint density at radius 3 is 2.43 bits per heavy atom. The van der Waals surface area contributed by atoms with Gasteiger partial charge in [-0.3, -0.25) is 9.69 Å². The van der Waals surface area contributed by atoms with Crippen molar-refractivity contribution >= 4 is 5.91 Å². The van der Waals surface area contributed by atoms with Crippen molar-refractivity contribution in [3.05, 3.63) is 65.7 Å². The third kappa shape index (κ3) is 7.29. The van der Waals surface area contributed by atoms with E-state index >= 15 is 0 Å². The predicted octanol–water partition coefficient (Wildman–Crippen LogP) is 3.81. The number of hydrogen-bond acceptors (Lipinski definition) is 5. The molecule has 2 aromatic rings. The van der Waals surface area contributed by atoms with Gasteiger partial charge in [0.05, 0.1) is 6.04 Å². The molecule has 0 aliphatic carbocycles. The molecule has 6 heteroatoms. The van der Waals surface area contributed by atoms with E-state index in [1.165, 1.54) is 24.1 Å². The van der Waals surface area contributed by atoms with Gasteiger partial charge < -0.3 is 20.3 Å². The number of hydrogen-bond donors (Lipinski definition) is 2. The Bertz CT molecular complexity index is 897. The fraction of sp³-hybridized carbons (Fsp3) is 0.552. The first-order valence-corrected chi connectivity index (χ1v) is 13.4. The van der Waals surface area contributed by atoms with Crippen molar-refractivity contribution in [1.29, 1.82) is 0 Å². The largest absolute Gasteiger partial charge is 0.489 e. The molecule has 2 aliphatic rings. The topological polar surface area (TPSA) is 56.8 Å². The molecule has 35 heavy (non-hydrogen) atoms. The van der Waals surface area contributed by atoms with Crippen LogP contribution in [0.2, 0.25) is 0 Å². The van der Waals surface area contributed by atoms with Gasteiger partial charge in [-0.15, -0.1) is 0 Å². The van der Waals surface area contributed by atoms with E-state index in [-0.39, 0.29) is 11.9 Å². The number of likely N-dealkylation sites (N-methyl/N-ethyl adjacent to an activating group) is 1. The molecule has 2 saturated heterocycles. The van der Waals surface area contributed by atoms with Gasteiger partial charge in [0, 0.05) is 31.7 Å². The lowest BCUT2D eigenvalue weighted by Gasteiger charge is -2.38. The third-order valence-electron chi connectivity index (χ3n) is 7.33. The molecule has 0 unspecified atom stereocenters. The summed E-state index contributed by atoms with van der Waals surface area (Å²) in [6, 6.07) is 19.4. The van der Waals surface area contributed by atoms with E-state index in [1.54, 1.807) is 0 Å². The van der Waals surface area contributed by atoms with Crippen LogP contribution < -0.4 is 15.4 Å². The number of rotatable bonds is 11. The predicted molar refractivity (Wildman–Crippen MR) is 141 cm³/mol. The lowest BCUT2D eigenvalue weighted by molar-refractivity contribution is -0.126. The minimum atomic E-state index is -0.0241. The Balaban J connectivity index is 1.28. The zero-order valence-electron chi connectivity index (χ0n) is 21.4. The van der Waals surface area contributed by atoms with Crippen LogP contribution in [0.3, 0.4) is 0 Å². The summed E-state index contributed by atoms with van der Waals surface area (Å²) in [6.07, 6.45) is 4.40. The van der Waals surface area contributed by atoms with Crippen LogP contribution in [0, 0.1) is 0 Å². The van der Waals surface area contributed by atoms with Crippen LogP contribution >= 0.6 is 0 Å². The average molecular weight is 479 g/mol. The summed E-state index contributed by atoms with van der Waals surface area (Å²) in [5.41, 5.74) is 2.40. The van der Waals surface area contributed by atoms with E-state index in [2.05, 4.69) is 51.6 Å². The minimum Gasteiger partial charge on any atom is -0.489 e. The molecule has 2 aliphatic heterocycles. The Kier molecular flexibility index (Phi) is 9.57. The van der Waals surface area contributed by atoms with Crippen LogP contribution in [-0.4, -0.2) is 66.6 Å². The highest BCUT2D eigenvalue weighted by Gasteiger charge is 2.40. The first-order chi connectivity index (χ1) is 17.2. The standard InChI is InChI=1S/C29H42N4O2/c1-3-16-32-17-14-26(15-18-32)33-21-25(19-28(33)29(34)30-4-2)31-20-23-10-12-27(13-11-23)35-22-24-8-6-5-7-9-24/h5-13,25-26,28,31H,3-4,14-22H2,1-2H3,(H,30,34)/t25-,28-/m0/s1. The zero-order chi connectivity index (χ0) is 24.5. The van der Waals surface area contributed by atoms with E-state index in [0.717, 1.165) is 51.2 Å². The second kappa shape index (κ2) is 13.1. The number of piperidine rings is 1.